The van der Waals surface area contributed by atoms with Gasteiger partial charge in [-0.15, -0.1) is 47.2 Å². The van der Waals surface area contributed by atoms with Crippen LogP contribution >= 0.6 is 93.6 Å². The molecular formula is C85H93Cl6IN18O7. The number of halogens is 7. The summed E-state index contributed by atoms with van der Waals surface area (Å²) >= 11 is 35.0. The van der Waals surface area contributed by atoms with Crippen molar-refractivity contribution in [1.82, 2.24) is 58.3 Å². The van der Waals surface area contributed by atoms with E-state index in [2.05, 4.69) is 117 Å². The SMILES string of the molecule is CN1CCN(c2ccc3nc(-c4c(Cl)c5cc(Cl)ccc5n(C)c4=O)[nH]c3c2)CC1.CN1CCN(c2ccc3nc(-c4c(N)c5cc(Cl)ccc5n(C)c4=O)[nH]c3c2)CC1.COc1ccc(CN)c(OC)c1.COc1ccc(CNc2c(-c3nc4ccc(N5CCN(C)CC5)cc4[nH]3)c(=O)n(C)c3ccc(Cl)cc23)c(OC)c1.ClCCl.I. The third-order valence-electron chi connectivity index (χ3n) is 21.4. The van der Waals surface area contributed by atoms with Gasteiger partial charge in [-0.05, 0) is 149 Å². The Balaban J connectivity index is 0.000000150. The lowest BCUT2D eigenvalue weighted by Crippen LogP contribution is -2.44. The molecule has 8 aromatic carbocycles. The molecule has 14 aromatic rings. The van der Waals surface area contributed by atoms with E-state index in [9.17, 15) is 14.4 Å². The molecule has 0 atom stereocenters. The summed E-state index contributed by atoms with van der Waals surface area (Å²) < 4.78 is 25.9. The van der Waals surface area contributed by atoms with Gasteiger partial charge in [0.1, 0.15) is 57.2 Å². The topological polar surface area (TPSA) is 272 Å². The zero-order chi connectivity index (χ0) is 82.3. The summed E-state index contributed by atoms with van der Waals surface area (Å²) in [6, 6.07) is 46.0. The summed E-state index contributed by atoms with van der Waals surface area (Å²) in [7, 11) is 18.2. The van der Waals surface area contributed by atoms with Crippen LogP contribution in [0.2, 0.25) is 20.1 Å². The van der Waals surface area contributed by atoms with Crippen LogP contribution in [0.25, 0.3) is 100.0 Å². The predicted octanol–water partition coefficient (Wildman–Crippen LogP) is 15.5. The number of rotatable bonds is 14. The number of likely N-dealkylation sites (N-methyl/N-ethyl adjacent to an activating group) is 3. The highest BCUT2D eigenvalue weighted by Crippen LogP contribution is 2.39. The second-order valence-corrected chi connectivity index (χ2v) is 31.0. The van der Waals surface area contributed by atoms with Crippen molar-refractivity contribution >= 4 is 188 Å². The van der Waals surface area contributed by atoms with Crippen molar-refractivity contribution in [2.45, 2.75) is 13.1 Å². The first-order valence-corrected chi connectivity index (χ1v) is 40.2. The molecule has 0 radical (unpaired) electrons. The molecule has 3 saturated heterocycles. The molecule has 6 aromatic heterocycles. The van der Waals surface area contributed by atoms with Crippen LogP contribution in [0.1, 0.15) is 11.1 Å². The molecule has 0 unspecified atom stereocenters. The summed E-state index contributed by atoms with van der Waals surface area (Å²) in [5.41, 5.74) is 26.2. The number of hydrogen-bond acceptors (Lipinski definition) is 19. The van der Waals surface area contributed by atoms with E-state index in [0.29, 0.717) is 90.2 Å². The number of alkyl halides is 2. The number of fused-ring (bicyclic) bond motifs is 6. The Hall–Kier alpha value is -9.69. The van der Waals surface area contributed by atoms with Gasteiger partial charge in [0.05, 0.1) is 99.8 Å². The average Bonchev–Trinajstić information content (AvgIpc) is 1.75. The van der Waals surface area contributed by atoms with Gasteiger partial charge >= 0.3 is 0 Å². The van der Waals surface area contributed by atoms with Crippen LogP contribution in [0.15, 0.2) is 160 Å². The number of pyridine rings is 3. The molecule has 614 valence electrons. The molecule has 32 heteroatoms. The zero-order valence-corrected chi connectivity index (χ0v) is 73.4. The van der Waals surface area contributed by atoms with E-state index in [1.54, 1.807) is 106 Å². The van der Waals surface area contributed by atoms with E-state index in [-0.39, 0.29) is 46.0 Å². The standard InChI is InChI=1S/C31H33ClN6O3.C22H21Cl2N5O.C22H23ClN6O.C9H13NO2.CH2Cl2.HI/c1-36-11-13-38(14-12-36)21-7-9-24-25(16-21)35-30(34-24)28-29(23-15-20(32)6-10-26(23)37(2)31(28)39)33-18-19-5-8-22(40-3)17-27(19)41-4;2*1-27-7-9-29(10-8-27)14-4-5-16-17(12-14)26-21(25-16)19-20(24)15-11-13(23)3-6-18(15)28(2)22(19)30;1-11-8-4-3-7(6-10)9(5-8)12-2;2-1-3;/h5-10,15-17,33H,11-14,18H2,1-4H3,(H,34,35);3-6,11-12H,7-10H2,1-2H3,(H,25,26);3-6,11-12H,7-10,24H2,1-2H3,(H,25,26);3-5H,6,10H2,1-2H3;1H2;1H. The summed E-state index contributed by atoms with van der Waals surface area (Å²) in [4.78, 5) is 78.4. The highest BCUT2D eigenvalue weighted by atomic mass is 127. The molecule has 8 N–H and O–H groups in total. The highest BCUT2D eigenvalue weighted by Gasteiger charge is 2.26. The van der Waals surface area contributed by atoms with Crippen LogP contribution in [0.5, 0.6) is 23.0 Å². The maximum atomic E-state index is 13.9. The Labute approximate surface area is 723 Å². The molecular weight excluding hydrogens is 1720 g/mol. The number of aromatic nitrogens is 9. The molecule has 0 amide bonds. The van der Waals surface area contributed by atoms with Crippen LogP contribution in [-0.4, -0.2) is 192 Å². The first kappa shape index (κ1) is 86.6. The van der Waals surface area contributed by atoms with E-state index in [1.807, 2.05) is 66.7 Å². The van der Waals surface area contributed by atoms with Crippen LogP contribution in [0.4, 0.5) is 28.4 Å². The lowest BCUT2D eigenvalue weighted by atomic mass is 10.1. The number of H-pyrrole nitrogens is 3. The number of benzene rings is 8. The number of nitrogens with one attached hydrogen (secondary N) is 4. The zero-order valence-electron chi connectivity index (χ0n) is 66.5. The second-order valence-electron chi connectivity index (χ2n) is 28.6. The van der Waals surface area contributed by atoms with Gasteiger partial charge in [-0.3, -0.25) is 14.4 Å². The molecule has 25 nitrogen and oxygen atoms in total. The van der Waals surface area contributed by atoms with Crippen molar-refractivity contribution in [2.24, 2.45) is 26.9 Å². The number of piperazine rings is 3. The lowest BCUT2D eigenvalue weighted by Gasteiger charge is -2.34. The van der Waals surface area contributed by atoms with Crippen LogP contribution in [0, 0.1) is 0 Å². The van der Waals surface area contributed by atoms with Crippen molar-refractivity contribution in [2.75, 3.05) is 159 Å². The van der Waals surface area contributed by atoms with E-state index in [0.717, 1.165) is 184 Å². The Morgan fingerprint density at radius 3 is 1.18 bits per heavy atom. The number of methoxy groups -OCH3 is 4. The number of anilines is 5. The molecule has 0 aliphatic carbocycles. The third kappa shape index (κ3) is 18.9. The summed E-state index contributed by atoms with van der Waals surface area (Å²) in [6.45, 7) is 13.0. The van der Waals surface area contributed by atoms with Gasteiger partial charge < -0.3 is 93.8 Å². The molecule has 117 heavy (non-hydrogen) atoms. The number of imidazole rings is 3. The number of nitrogens with zero attached hydrogens (tertiary/aromatic N) is 12. The van der Waals surface area contributed by atoms with Crippen molar-refractivity contribution in [3.05, 3.63) is 208 Å². The second kappa shape index (κ2) is 38.4. The van der Waals surface area contributed by atoms with E-state index in [4.69, 9.17) is 105 Å². The Kier molecular flexibility index (Phi) is 28.4. The van der Waals surface area contributed by atoms with Crippen molar-refractivity contribution in [3.63, 3.8) is 0 Å². The molecule has 17 rings (SSSR count). The summed E-state index contributed by atoms with van der Waals surface area (Å²) in [5, 5.41) is 8.06. The van der Waals surface area contributed by atoms with E-state index >= 15 is 0 Å². The molecule has 0 bridgehead atoms. The minimum absolute atomic E-state index is 0. The maximum absolute atomic E-state index is 13.9. The van der Waals surface area contributed by atoms with Gasteiger partial charge in [0, 0.05) is 184 Å². The Bertz CT molecular complexity index is 5920. The third-order valence-corrected chi connectivity index (χ3v) is 22.5. The molecule has 3 aliphatic rings. The fourth-order valence-corrected chi connectivity index (χ4v) is 15.6. The maximum Gasteiger partial charge on any atom is 0.263 e. The summed E-state index contributed by atoms with van der Waals surface area (Å²) in [6.07, 6.45) is 0. The van der Waals surface area contributed by atoms with Crippen LogP contribution in [0.3, 0.4) is 0 Å². The Morgan fingerprint density at radius 2 is 0.769 bits per heavy atom. The van der Waals surface area contributed by atoms with Crippen LogP contribution < -0.4 is 67.1 Å². The quantitative estimate of drug-likeness (QED) is 0.0436. The van der Waals surface area contributed by atoms with Gasteiger partial charge in [0.2, 0.25) is 0 Å². The number of nitrogens with two attached hydrogens (primary N) is 2. The first-order chi connectivity index (χ1) is 55.9. The molecule has 0 spiro atoms. The minimum atomic E-state index is -0.201. The number of aryl methyl sites for hydroxylation is 3. The van der Waals surface area contributed by atoms with Gasteiger partial charge in [-0.2, -0.15) is 0 Å². The first-order valence-electron chi connectivity index (χ1n) is 37.6. The number of aromatic amines is 3. The molecule has 9 heterocycles. The van der Waals surface area contributed by atoms with Crippen molar-refractivity contribution in [3.8, 4) is 57.2 Å². The van der Waals surface area contributed by atoms with Gasteiger partial charge in [0.25, 0.3) is 16.7 Å². The smallest absolute Gasteiger partial charge is 0.263 e. The van der Waals surface area contributed by atoms with Gasteiger partial charge in [-0.1, -0.05) is 52.5 Å². The normalized spacial score (nSPS) is 14.0. The van der Waals surface area contributed by atoms with Crippen molar-refractivity contribution < 1.29 is 18.9 Å². The lowest BCUT2D eigenvalue weighted by molar-refractivity contribution is 0.313. The predicted molar refractivity (Wildman–Crippen MR) is 493 cm³/mol. The number of hydrogen-bond donors (Lipinski definition) is 6. The summed E-state index contributed by atoms with van der Waals surface area (Å²) in [5.74, 6) is 4.39. The molecule has 3 fully saturated rings. The fraction of sp³-hybridized carbons (Fsp3) is 0.294. The fourth-order valence-electron chi connectivity index (χ4n) is 14.7. The average molecular weight is 1820 g/mol. The molecule has 3 aliphatic heterocycles. The number of ether oxygens (including phenoxy) is 4. The van der Waals surface area contributed by atoms with Gasteiger partial charge in [-0.25, -0.2) is 15.0 Å². The molecule has 0 saturated carbocycles. The monoisotopic (exact) mass is 1810 g/mol. The largest absolute Gasteiger partial charge is 0.497 e. The number of nitrogen functional groups attached to an aromatic ring is 1. The van der Waals surface area contributed by atoms with E-state index in [1.165, 1.54) is 0 Å². The highest BCUT2D eigenvalue weighted by molar-refractivity contribution is 14.0. The Morgan fingerprint density at radius 1 is 0.419 bits per heavy atom. The van der Waals surface area contributed by atoms with Crippen molar-refractivity contribution in [1.29, 1.82) is 0 Å². The van der Waals surface area contributed by atoms with E-state index < -0.39 is 0 Å². The van der Waals surface area contributed by atoms with Gasteiger partial charge in [0.15, 0.2) is 0 Å². The van der Waals surface area contributed by atoms with Crippen LogP contribution in [-0.2, 0) is 34.2 Å². The minimum Gasteiger partial charge on any atom is -0.497 e.